The number of carbonyl (C=O) groups excluding carboxylic acids is 2. The van der Waals surface area contributed by atoms with Crippen molar-refractivity contribution in [3.05, 3.63) is 82.7 Å². The van der Waals surface area contributed by atoms with E-state index in [1.165, 1.54) is 0 Å². The lowest BCUT2D eigenvalue weighted by molar-refractivity contribution is 0.0702. The summed E-state index contributed by atoms with van der Waals surface area (Å²) in [6, 6.07) is 15.0. The van der Waals surface area contributed by atoms with Gasteiger partial charge in [-0.2, -0.15) is 5.10 Å². The summed E-state index contributed by atoms with van der Waals surface area (Å²) in [4.78, 5) is 26.4. The molecule has 4 rings (SSSR count). The molecule has 2 amide bonds. The Morgan fingerprint density at radius 1 is 1.11 bits per heavy atom. The van der Waals surface area contributed by atoms with Gasteiger partial charge in [-0.25, -0.2) is 10.2 Å². The van der Waals surface area contributed by atoms with Gasteiger partial charge < -0.3 is 4.90 Å². The third-order valence-corrected chi connectivity index (χ3v) is 5.11. The third-order valence-electron chi connectivity index (χ3n) is 5.11. The summed E-state index contributed by atoms with van der Waals surface area (Å²) in [6.07, 6.45) is 2.27. The predicted molar refractivity (Wildman–Crippen MR) is 102 cm³/mol. The number of rotatable bonds is 3. The zero-order valence-electron chi connectivity index (χ0n) is 15.4. The molecule has 2 N–H and O–H groups in total. The van der Waals surface area contributed by atoms with Gasteiger partial charge in [-0.1, -0.05) is 24.3 Å². The van der Waals surface area contributed by atoms with Gasteiger partial charge in [0.2, 0.25) is 0 Å². The summed E-state index contributed by atoms with van der Waals surface area (Å²) in [5.41, 5.74) is 6.37. The maximum absolute atomic E-state index is 13.1. The molecule has 0 unspecified atom stereocenters. The Hall–Kier alpha value is -3.45. The zero-order chi connectivity index (χ0) is 19.7. The largest absolute Gasteiger partial charge is 0.334 e. The number of hydrogen-bond acceptors (Lipinski definition) is 4. The Morgan fingerprint density at radius 2 is 1.89 bits per heavy atom. The van der Waals surface area contributed by atoms with E-state index in [9.17, 15) is 9.59 Å². The van der Waals surface area contributed by atoms with Crippen LogP contribution in [-0.4, -0.2) is 38.2 Å². The quantitative estimate of drug-likeness (QED) is 0.543. The first-order chi connectivity index (χ1) is 13.6. The van der Waals surface area contributed by atoms with Crippen molar-refractivity contribution in [3.63, 3.8) is 0 Å². The lowest BCUT2D eigenvalue weighted by atomic mass is 9.96. The van der Waals surface area contributed by atoms with Gasteiger partial charge in [0.1, 0.15) is 0 Å². The normalized spacial score (nSPS) is 13.1. The molecular formula is C21H20N4O3. The second-order valence-electron chi connectivity index (χ2n) is 6.79. The lowest BCUT2D eigenvalue weighted by Gasteiger charge is -2.29. The van der Waals surface area contributed by atoms with E-state index in [1.54, 1.807) is 33.4 Å². The SMILES string of the molecule is Cc1c(C(=O)N2CCc3cc(C(=O)NO)ccc3C2)cnn1-c1ccccc1. The van der Waals surface area contributed by atoms with Crippen LogP contribution >= 0.6 is 0 Å². The average molecular weight is 376 g/mol. The van der Waals surface area contributed by atoms with Gasteiger partial charge in [-0.15, -0.1) is 0 Å². The first kappa shape index (κ1) is 17.9. The molecule has 1 aliphatic heterocycles. The van der Waals surface area contributed by atoms with Crippen LogP contribution in [0.1, 0.15) is 37.5 Å². The molecule has 28 heavy (non-hydrogen) atoms. The highest BCUT2D eigenvalue weighted by Crippen LogP contribution is 2.23. The molecule has 0 saturated carbocycles. The number of hydroxylamine groups is 1. The molecule has 7 nitrogen and oxygen atoms in total. The van der Waals surface area contributed by atoms with Crippen molar-refractivity contribution in [1.82, 2.24) is 20.2 Å². The molecule has 2 heterocycles. The van der Waals surface area contributed by atoms with Crippen LogP contribution < -0.4 is 5.48 Å². The Bertz CT molecular complexity index is 1040. The lowest BCUT2D eigenvalue weighted by Crippen LogP contribution is -2.36. The van der Waals surface area contributed by atoms with Gasteiger partial charge >= 0.3 is 0 Å². The number of amides is 2. The highest BCUT2D eigenvalue weighted by molar-refractivity contribution is 5.96. The smallest absolute Gasteiger partial charge is 0.274 e. The van der Waals surface area contributed by atoms with E-state index in [4.69, 9.17) is 5.21 Å². The molecule has 0 bridgehead atoms. The fourth-order valence-electron chi connectivity index (χ4n) is 3.55. The van der Waals surface area contributed by atoms with Crippen molar-refractivity contribution in [3.8, 4) is 5.69 Å². The van der Waals surface area contributed by atoms with Crippen molar-refractivity contribution < 1.29 is 14.8 Å². The first-order valence-electron chi connectivity index (χ1n) is 9.04. The van der Waals surface area contributed by atoms with Crippen molar-refractivity contribution in [2.24, 2.45) is 0 Å². The average Bonchev–Trinajstić information content (AvgIpc) is 3.13. The minimum absolute atomic E-state index is 0.0532. The second kappa shape index (κ2) is 7.28. The van der Waals surface area contributed by atoms with Crippen LogP contribution in [0.25, 0.3) is 5.69 Å². The van der Waals surface area contributed by atoms with E-state index in [0.29, 0.717) is 30.6 Å². The van der Waals surface area contributed by atoms with Crippen LogP contribution in [0.5, 0.6) is 0 Å². The molecule has 1 aliphatic rings. The minimum atomic E-state index is -0.537. The Labute approximate surface area is 162 Å². The Kier molecular flexibility index (Phi) is 4.67. The molecule has 3 aromatic rings. The van der Waals surface area contributed by atoms with Crippen LogP contribution in [0.3, 0.4) is 0 Å². The summed E-state index contributed by atoms with van der Waals surface area (Å²) < 4.78 is 1.77. The summed E-state index contributed by atoms with van der Waals surface area (Å²) in [6.45, 7) is 2.93. The number of benzene rings is 2. The maximum Gasteiger partial charge on any atom is 0.274 e. The van der Waals surface area contributed by atoms with E-state index < -0.39 is 5.91 Å². The van der Waals surface area contributed by atoms with E-state index in [2.05, 4.69) is 5.10 Å². The van der Waals surface area contributed by atoms with Gasteiger partial charge in [-0.3, -0.25) is 14.8 Å². The predicted octanol–water partition coefficient (Wildman–Crippen LogP) is 2.50. The van der Waals surface area contributed by atoms with Crippen molar-refractivity contribution in [1.29, 1.82) is 0 Å². The van der Waals surface area contributed by atoms with E-state index in [0.717, 1.165) is 22.5 Å². The van der Waals surface area contributed by atoms with Gasteiger partial charge in [0.25, 0.3) is 11.8 Å². The van der Waals surface area contributed by atoms with Crippen LogP contribution in [0.4, 0.5) is 0 Å². The molecule has 7 heteroatoms. The van der Waals surface area contributed by atoms with Crippen molar-refractivity contribution in [2.45, 2.75) is 19.9 Å². The fraction of sp³-hybridized carbons (Fsp3) is 0.190. The van der Waals surface area contributed by atoms with Crippen molar-refractivity contribution in [2.75, 3.05) is 6.54 Å². The fourth-order valence-corrected chi connectivity index (χ4v) is 3.55. The van der Waals surface area contributed by atoms with Crippen LogP contribution in [0, 0.1) is 6.92 Å². The molecule has 0 fully saturated rings. The summed E-state index contributed by atoms with van der Waals surface area (Å²) in [5, 5.41) is 13.2. The van der Waals surface area contributed by atoms with Gasteiger partial charge in [0, 0.05) is 18.7 Å². The molecule has 0 spiro atoms. The van der Waals surface area contributed by atoms with E-state index in [-0.39, 0.29) is 5.91 Å². The van der Waals surface area contributed by atoms with Gasteiger partial charge in [0.05, 0.1) is 23.1 Å². The first-order valence-corrected chi connectivity index (χ1v) is 9.04. The number of hydrogen-bond donors (Lipinski definition) is 2. The molecular weight excluding hydrogens is 356 g/mol. The van der Waals surface area contributed by atoms with Crippen LogP contribution in [0.15, 0.2) is 54.7 Å². The molecule has 0 aliphatic carbocycles. The van der Waals surface area contributed by atoms with E-state index in [1.807, 2.05) is 43.3 Å². The zero-order valence-corrected chi connectivity index (χ0v) is 15.4. The molecule has 0 atom stereocenters. The highest BCUT2D eigenvalue weighted by Gasteiger charge is 2.25. The van der Waals surface area contributed by atoms with Crippen LogP contribution in [0.2, 0.25) is 0 Å². The molecule has 0 saturated heterocycles. The molecule has 0 radical (unpaired) electrons. The third kappa shape index (κ3) is 3.16. The maximum atomic E-state index is 13.1. The monoisotopic (exact) mass is 376 g/mol. The highest BCUT2D eigenvalue weighted by atomic mass is 16.5. The number of nitrogens with zero attached hydrogens (tertiary/aromatic N) is 3. The van der Waals surface area contributed by atoms with Crippen LogP contribution in [-0.2, 0) is 13.0 Å². The van der Waals surface area contributed by atoms with Gasteiger partial charge in [-0.05, 0) is 48.7 Å². The standard InChI is InChI=1S/C21H20N4O3/c1-14-19(12-22-25(14)18-5-3-2-4-6-18)21(27)24-10-9-15-11-16(20(26)23-28)7-8-17(15)13-24/h2-8,11-12,28H,9-10,13H2,1H3,(H,23,26). The molecule has 1 aromatic heterocycles. The molecule has 2 aromatic carbocycles. The number of carbonyl (C=O) groups is 2. The number of fused-ring (bicyclic) bond motifs is 1. The number of para-hydroxylation sites is 1. The summed E-state index contributed by atoms with van der Waals surface area (Å²) in [7, 11) is 0. The second-order valence-corrected chi connectivity index (χ2v) is 6.79. The van der Waals surface area contributed by atoms with Gasteiger partial charge in [0.15, 0.2) is 0 Å². The Balaban J connectivity index is 1.56. The van der Waals surface area contributed by atoms with E-state index >= 15 is 0 Å². The molecule has 142 valence electrons. The summed E-state index contributed by atoms with van der Waals surface area (Å²) >= 11 is 0. The number of nitrogens with one attached hydrogen (secondary N) is 1. The minimum Gasteiger partial charge on any atom is -0.334 e. The topological polar surface area (TPSA) is 87.5 Å². The summed E-state index contributed by atoms with van der Waals surface area (Å²) in [5.74, 6) is -0.590. The van der Waals surface area contributed by atoms with Crippen molar-refractivity contribution >= 4 is 11.8 Å². The Morgan fingerprint density at radius 3 is 2.64 bits per heavy atom. The number of aromatic nitrogens is 2.